The number of fused-ring (bicyclic) bond motifs is 1. The van der Waals surface area contributed by atoms with Crippen molar-refractivity contribution in [1.29, 1.82) is 0 Å². The predicted molar refractivity (Wildman–Crippen MR) is 66.3 cm³/mol. The maximum atomic E-state index is 11.7. The van der Waals surface area contributed by atoms with Crippen molar-refractivity contribution >= 4 is 5.78 Å². The summed E-state index contributed by atoms with van der Waals surface area (Å²) in [6.45, 7) is 4.44. The van der Waals surface area contributed by atoms with Crippen molar-refractivity contribution in [2.75, 3.05) is 19.7 Å². The average molecular weight is 251 g/mol. The SMILES string of the molecule is CCN(CCCO)Cc1cc(=O)n2[nH]cnc2n1. The largest absolute Gasteiger partial charge is 0.396 e. The molecule has 2 N–H and O–H groups in total. The molecule has 2 heterocycles. The van der Waals surface area contributed by atoms with Crippen LogP contribution >= 0.6 is 0 Å². The van der Waals surface area contributed by atoms with Crippen LogP contribution in [0.4, 0.5) is 0 Å². The van der Waals surface area contributed by atoms with Crippen LogP contribution in [0.3, 0.4) is 0 Å². The highest BCUT2D eigenvalue weighted by molar-refractivity contribution is 5.25. The van der Waals surface area contributed by atoms with Gasteiger partial charge in [0.05, 0.1) is 5.69 Å². The Balaban J connectivity index is 2.17. The van der Waals surface area contributed by atoms with E-state index in [9.17, 15) is 4.79 Å². The second-order valence-corrected chi connectivity index (χ2v) is 4.05. The van der Waals surface area contributed by atoms with E-state index in [1.54, 1.807) is 0 Å². The van der Waals surface area contributed by atoms with Crippen LogP contribution < -0.4 is 5.56 Å². The molecular weight excluding hydrogens is 234 g/mol. The summed E-state index contributed by atoms with van der Waals surface area (Å²) in [5.41, 5.74) is 0.539. The Kier molecular flexibility index (Phi) is 4.06. The van der Waals surface area contributed by atoms with Crippen molar-refractivity contribution in [1.82, 2.24) is 24.5 Å². The molecule has 7 heteroatoms. The number of rotatable bonds is 6. The topological polar surface area (TPSA) is 86.5 Å². The molecule has 0 saturated carbocycles. The van der Waals surface area contributed by atoms with E-state index in [2.05, 4.69) is 20.0 Å². The Bertz CT molecular complexity index is 562. The number of aromatic nitrogens is 4. The van der Waals surface area contributed by atoms with Gasteiger partial charge >= 0.3 is 0 Å². The van der Waals surface area contributed by atoms with Gasteiger partial charge in [0.25, 0.3) is 11.3 Å². The first-order valence-electron chi connectivity index (χ1n) is 6.00. The minimum absolute atomic E-state index is 0.161. The van der Waals surface area contributed by atoms with Crippen molar-refractivity contribution in [2.45, 2.75) is 19.9 Å². The molecule has 0 amide bonds. The van der Waals surface area contributed by atoms with Gasteiger partial charge in [-0.25, -0.2) is 9.97 Å². The van der Waals surface area contributed by atoms with E-state index in [1.807, 2.05) is 6.92 Å². The van der Waals surface area contributed by atoms with Crippen LogP contribution in [0.25, 0.3) is 5.78 Å². The number of H-pyrrole nitrogens is 1. The van der Waals surface area contributed by atoms with E-state index in [0.717, 1.165) is 19.5 Å². The molecule has 0 aliphatic rings. The van der Waals surface area contributed by atoms with Gasteiger partial charge in [0, 0.05) is 25.8 Å². The lowest BCUT2D eigenvalue weighted by Crippen LogP contribution is -2.26. The van der Waals surface area contributed by atoms with Gasteiger partial charge in [0.15, 0.2) is 0 Å². The Morgan fingerprint density at radius 3 is 3.11 bits per heavy atom. The van der Waals surface area contributed by atoms with Gasteiger partial charge in [-0.05, 0) is 13.0 Å². The van der Waals surface area contributed by atoms with Gasteiger partial charge in [-0.3, -0.25) is 14.8 Å². The van der Waals surface area contributed by atoms with E-state index in [4.69, 9.17) is 5.11 Å². The van der Waals surface area contributed by atoms with Gasteiger partial charge in [-0.1, -0.05) is 6.92 Å². The molecule has 98 valence electrons. The zero-order valence-electron chi connectivity index (χ0n) is 10.3. The maximum Gasteiger partial charge on any atom is 0.274 e. The van der Waals surface area contributed by atoms with E-state index < -0.39 is 0 Å². The highest BCUT2D eigenvalue weighted by Gasteiger charge is 2.08. The van der Waals surface area contributed by atoms with Gasteiger partial charge in [0.2, 0.25) is 0 Å². The third-order valence-corrected chi connectivity index (χ3v) is 2.79. The van der Waals surface area contributed by atoms with Gasteiger partial charge in [-0.2, -0.15) is 4.52 Å². The smallest absolute Gasteiger partial charge is 0.274 e. The lowest BCUT2D eigenvalue weighted by atomic mass is 10.3. The summed E-state index contributed by atoms with van der Waals surface area (Å²) < 4.78 is 1.30. The monoisotopic (exact) mass is 251 g/mol. The van der Waals surface area contributed by atoms with Crippen molar-refractivity contribution in [3.05, 3.63) is 28.4 Å². The van der Waals surface area contributed by atoms with E-state index >= 15 is 0 Å². The molecule has 0 spiro atoms. The molecule has 0 atom stereocenters. The van der Waals surface area contributed by atoms with Gasteiger partial charge in [-0.15, -0.1) is 0 Å². The fourth-order valence-electron chi connectivity index (χ4n) is 1.82. The molecule has 0 saturated heterocycles. The van der Waals surface area contributed by atoms with Crippen LogP contribution in [0.2, 0.25) is 0 Å². The second-order valence-electron chi connectivity index (χ2n) is 4.05. The highest BCUT2D eigenvalue weighted by atomic mass is 16.3. The number of hydrogen-bond donors (Lipinski definition) is 2. The second kappa shape index (κ2) is 5.74. The average Bonchev–Trinajstić information content (AvgIpc) is 2.83. The van der Waals surface area contributed by atoms with Crippen LogP contribution in [0, 0.1) is 0 Å². The molecule has 2 aromatic rings. The first-order valence-corrected chi connectivity index (χ1v) is 6.00. The molecule has 0 unspecified atom stereocenters. The summed E-state index contributed by atoms with van der Waals surface area (Å²) in [7, 11) is 0. The Morgan fingerprint density at radius 1 is 1.56 bits per heavy atom. The minimum Gasteiger partial charge on any atom is -0.396 e. The van der Waals surface area contributed by atoms with Crippen LogP contribution in [-0.4, -0.2) is 49.3 Å². The van der Waals surface area contributed by atoms with E-state index in [1.165, 1.54) is 16.9 Å². The first-order chi connectivity index (χ1) is 8.74. The quantitative estimate of drug-likeness (QED) is 0.731. The molecule has 0 aliphatic carbocycles. The van der Waals surface area contributed by atoms with Gasteiger partial charge < -0.3 is 5.11 Å². The van der Waals surface area contributed by atoms with Crippen molar-refractivity contribution < 1.29 is 5.11 Å². The number of aromatic amines is 1. The van der Waals surface area contributed by atoms with Crippen molar-refractivity contribution in [2.24, 2.45) is 0 Å². The number of nitrogens with one attached hydrogen (secondary N) is 1. The Morgan fingerprint density at radius 2 is 2.39 bits per heavy atom. The molecule has 0 aromatic carbocycles. The van der Waals surface area contributed by atoms with Crippen molar-refractivity contribution in [3.8, 4) is 0 Å². The van der Waals surface area contributed by atoms with Gasteiger partial charge in [0.1, 0.15) is 6.33 Å². The maximum absolute atomic E-state index is 11.7. The van der Waals surface area contributed by atoms with Crippen LogP contribution in [-0.2, 0) is 6.54 Å². The molecule has 0 radical (unpaired) electrons. The molecule has 2 aromatic heterocycles. The molecule has 2 rings (SSSR count). The Labute approximate surface area is 104 Å². The number of hydrogen-bond acceptors (Lipinski definition) is 5. The number of aliphatic hydroxyl groups is 1. The van der Waals surface area contributed by atoms with E-state index in [-0.39, 0.29) is 12.2 Å². The molecule has 0 aliphatic heterocycles. The zero-order valence-corrected chi connectivity index (χ0v) is 10.3. The molecule has 0 fully saturated rings. The third kappa shape index (κ3) is 2.74. The fourth-order valence-corrected chi connectivity index (χ4v) is 1.82. The summed E-state index contributed by atoms with van der Waals surface area (Å²) in [5, 5.41) is 11.5. The summed E-state index contributed by atoms with van der Waals surface area (Å²) >= 11 is 0. The zero-order chi connectivity index (χ0) is 13.0. The first kappa shape index (κ1) is 12.7. The summed E-state index contributed by atoms with van der Waals surface area (Å²) in [6, 6.07) is 1.51. The summed E-state index contributed by atoms with van der Waals surface area (Å²) in [6.07, 6.45) is 2.16. The van der Waals surface area contributed by atoms with E-state index in [0.29, 0.717) is 18.0 Å². The lowest BCUT2D eigenvalue weighted by Gasteiger charge is -2.18. The fraction of sp³-hybridized carbons (Fsp3) is 0.545. The molecular formula is C11H17N5O2. The number of aliphatic hydroxyl groups excluding tert-OH is 1. The molecule has 7 nitrogen and oxygen atoms in total. The molecule has 18 heavy (non-hydrogen) atoms. The lowest BCUT2D eigenvalue weighted by molar-refractivity contribution is 0.224. The van der Waals surface area contributed by atoms with Crippen LogP contribution in [0.1, 0.15) is 19.0 Å². The standard InChI is InChI=1S/C11H17N5O2/c1-2-15(4-3-5-17)7-9-6-10(18)16-11(14-9)12-8-13-16/h6,8,17H,2-5,7H2,1H3,(H,12,13,14). The predicted octanol–water partition coefficient (Wildman–Crippen LogP) is -0.378. The summed E-state index contributed by atoms with van der Waals surface area (Å²) in [4.78, 5) is 22.1. The minimum atomic E-state index is -0.161. The highest BCUT2D eigenvalue weighted by Crippen LogP contribution is 2.01. The van der Waals surface area contributed by atoms with Crippen LogP contribution in [0.15, 0.2) is 17.2 Å². The Hall–Kier alpha value is -1.73. The number of nitrogens with zero attached hydrogens (tertiary/aromatic N) is 4. The molecule has 0 bridgehead atoms. The van der Waals surface area contributed by atoms with Crippen molar-refractivity contribution in [3.63, 3.8) is 0 Å². The normalized spacial score (nSPS) is 11.5. The third-order valence-electron chi connectivity index (χ3n) is 2.79. The van der Waals surface area contributed by atoms with Crippen LogP contribution in [0.5, 0.6) is 0 Å². The summed E-state index contributed by atoms with van der Waals surface area (Å²) in [5.74, 6) is 0.385.